The van der Waals surface area contributed by atoms with Crippen molar-refractivity contribution in [3.8, 4) is 0 Å². The molecule has 0 aromatic heterocycles. The van der Waals surface area contributed by atoms with Crippen LogP contribution in [0, 0.1) is 0 Å². The van der Waals surface area contributed by atoms with E-state index in [1.807, 2.05) is 38.1 Å². The molecule has 0 heterocycles. The molecule has 0 fully saturated rings. The molecule has 1 aromatic rings. The van der Waals surface area contributed by atoms with Crippen molar-refractivity contribution in [1.82, 2.24) is 0 Å². The molecule has 1 aromatic carbocycles. The molecule has 0 amide bonds. The number of nitrogens with two attached hydrogens (primary N) is 1. The Morgan fingerprint density at radius 1 is 0.828 bits per heavy atom. The lowest BCUT2D eigenvalue weighted by atomic mass is 9.88. The van der Waals surface area contributed by atoms with E-state index in [0.29, 0.717) is 6.42 Å². The van der Waals surface area contributed by atoms with Crippen LogP contribution in [-0.2, 0) is 5.54 Å². The highest BCUT2D eigenvalue weighted by Gasteiger charge is 2.21. The molecule has 2 heteroatoms. The molecule has 2 N–H and O–H groups in total. The first-order valence-electron chi connectivity index (χ1n) is 12.0. The number of ketones is 1. The zero-order valence-electron chi connectivity index (χ0n) is 19.3. The van der Waals surface area contributed by atoms with Crippen molar-refractivity contribution in [2.45, 2.75) is 116 Å². The molecule has 0 bridgehead atoms. The fourth-order valence-corrected chi connectivity index (χ4v) is 3.78. The van der Waals surface area contributed by atoms with E-state index in [4.69, 9.17) is 5.73 Å². The number of carbonyl (C=O) groups is 1. The largest absolute Gasteiger partial charge is 0.322 e. The number of allylic oxidation sites excluding steroid dienone is 2. The molecule has 0 saturated heterocycles. The average molecular weight is 400 g/mol. The molecular weight excluding hydrogens is 354 g/mol. The van der Waals surface area contributed by atoms with Crippen LogP contribution in [0.4, 0.5) is 0 Å². The fourth-order valence-electron chi connectivity index (χ4n) is 3.78. The minimum atomic E-state index is -0.477. The maximum Gasteiger partial charge on any atom is 0.163 e. The van der Waals surface area contributed by atoms with Gasteiger partial charge in [-0.05, 0) is 51.5 Å². The van der Waals surface area contributed by atoms with Crippen molar-refractivity contribution in [1.29, 1.82) is 0 Å². The van der Waals surface area contributed by atoms with Gasteiger partial charge in [0, 0.05) is 17.5 Å². The van der Waals surface area contributed by atoms with E-state index in [-0.39, 0.29) is 5.78 Å². The first kappa shape index (κ1) is 25.6. The normalized spacial score (nSPS) is 12.0. The average Bonchev–Trinajstić information content (AvgIpc) is 2.70. The number of hydrogen-bond donors (Lipinski definition) is 1. The van der Waals surface area contributed by atoms with Crippen LogP contribution < -0.4 is 5.73 Å². The van der Waals surface area contributed by atoms with Crippen molar-refractivity contribution in [2.24, 2.45) is 5.73 Å². The number of benzene rings is 1. The third-order valence-corrected chi connectivity index (χ3v) is 5.59. The van der Waals surface area contributed by atoms with Gasteiger partial charge >= 0.3 is 0 Å². The van der Waals surface area contributed by atoms with E-state index in [9.17, 15) is 4.79 Å². The SMILES string of the molecule is CCCCCCCC/C=C\CCCCCCCC(=O)c1ccccc1C(C)(C)N. The van der Waals surface area contributed by atoms with Crippen molar-refractivity contribution in [3.05, 3.63) is 47.5 Å². The number of hydrogen-bond acceptors (Lipinski definition) is 2. The van der Waals surface area contributed by atoms with Crippen LogP contribution in [0.25, 0.3) is 0 Å². The maximum absolute atomic E-state index is 12.6. The van der Waals surface area contributed by atoms with Gasteiger partial charge in [0.05, 0.1) is 0 Å². The first-order chi connectivity index (χ1) is 14.0. The van der Waals surface area contributed by atoms with Crippen LogP contribution in [0.15, 0.2) is 36.4 Å². The molecule has 0 saturated carbocycles. The van der Waals surface area contributed by atoms with Gasteiger partial charge in [-0.1, -0.05) is 94.7 Å². The Labute approximate surface area is 180 Å². The van der Waals surface area contributed by atoms with Crippen LogP contribution in [0.5, 0.6) is 0 Å². The highest BCUT2D eigenvalue weighted by molar-refractivity contribution is 5.97. The second-order valence-corrected chi connectivity index (χ2v) is 9.02. The van der Waals surface area contributed by atoms with Gasteiger partial charge in [-0.25, -0.2) is 0 Å². The van der Waals surface area contributed by atoms with Gasteiger partial charge in [-0.2, -0.15) is 0 Å². The summed E-state index contributed by atoms with van der Waals surface area (Å²) in [5.41, 5.74) is 7.50. The molecular formula is C27H45NO. The lowest BCUT2D eigenvalue weighted by Gasteiger charge is -2.22. The summed E-state index contributed by atoms with van der Waals surface area (Å²) in [5.74, 6) is 0.233. The van der Waals surface area contributed by atoms with Crippen molar-refractivity contribution in [3.63, 3.8) is 0 Å². The Morgan fingerprint density at radius 3 is 1.93 bits per heavy atom. The number of rotatable bonds is 17. The van der Waals surface area contributed by atoms with Crippen molar-refractivity contribution >= 4 is 5.78 Å². The van der Waals surface area contributed by atoms with Gasteiger partial charge in [0.25, 0.3) is 0 Å². The van der Waals surface area contributed by atoms with Gasteiger partial charge in [-0.15, -0.1) is 0 Å². The highest BCUT2D eigenvalue weighted by Crippen LogP contribution is 2.23. The zero-order valence-corrected chi connectivity index (χ0v) is 19.3. The monoisotopic (exact) mass is 399 g/mol. The minimum absolute atomic E-state index is 0.233. The summed E-state index contributed by atoms with van der Waals surface area (Å²) >= 11 is 0. The molecule has 0 aliphatic carbocycles. The third-order valence-electron chi connectivity index (χ3n) is 5.59. The van der Waals surface area contributed by atoms with E-state index in [1.165, 1.54) is 70.6 Å². The van der Waals surface area contributed by atoms with E-state index < -0.39 is 5.54 Å². The third kappa shape index (κ3) is 12.0. The Bertz CT molecular complexity index is 582. The van der Waals surface area contributed by atoms with E-state index in [2.05, 4.69) is 19.1 Å². The van der Waals surface area contributed by atoms with Crippen molar-refractivity contribution < 1.29 is 4.79 Å². The fraction of sp³-hybridized carbons (Fsp3) is 0.667. The second-order valence-electron chi connectivity index (χ2n) is 9.02. The maximum atomic E-state index is 12.6. The summed E-state index contributed by atoms with van der Waals surface area (Å²) in [7, 11) is 0. The van der Waals surface area contributed by atoms with Crippen LogP contribution in [0.3, 0.4) is 0 Å². The van der Waals surface area contributed by atoms with E-state index >= 15 is 0 Å². The Balaban J connectivity index is 2.05. The smallest absolute Gasteiger partial charge is 0.163 e. The molecule has 0 unspecified atom stereocenters. The predicted molar refractivity (Wildman–Crippen MR) is 127 cm³/mol. The molecule has 0 radical (unpaired) electrons. The minimum Gasteiger partial charge on any atom is -0.322 e. The lowest BCUT2D eigenvalue weighted by Crippen LogP contribution is -2.30. The summed E-state index contributed by atoms with van der Waals surface area (Å²) < 4.78 is 0. The van der Waals surface area contributed by atoms with Crippen LogP contribution in [-0.4, -0.2) is 5.78 Å². The zero-order chi connectivity index (χ0) is 21.4. The summed E-state index contributed by atoms with van der Waals surface area (Å²) in [6.45, 7) is 6.19. The second kappa shape index (κ2) is 15.4. The summed E-state index contributed by atoms with van der Waals surface area (Å²) in [6, 6.07) is 7.79. The topological polar surface area (TPSA) is 43.1 Å². The molecule has 0 spiro atoms. The van der Waals surface area contributed by atoms with Gasteiger partial charge in [-0.3, -0.25) is 4.79 Å². The van der Waals surface area contributed by atoms with Gasteiger partial charge in [0.1, 0.15) is 0 Å². The summed E-state index contributed by atoms with van der Waals surface area (Å²) in [4.78, 5) is 12.6. The molecule has 1 rings (SSSR count). The Kier molecular flexibility index (Phi) is 13.6. The van der Waals surface area contributed by atoms with Gasteiger partial charge < -0.3 is 5.73 Å². The number of unbranched alkanes of at least 4 members (excludes halogenated alkanes) is 11. The number of Topliss-reactive ketones (excluding diaryl/α,β-unsaturated/α-hetero) is 1. The Morgan fingerprint density at radius 2 is 1.34 bits per heavy atom. The molecule has 0 atom stereocenters. The van der Waals surface area contributed by atoms with Crippen molar-refractivity contribution in [2.75, 3.05) is 0 Å². The highest BCUT2D eigenvalue weighted by atomic mass is 16.1. The van der Waals surface area contributed by atoms with Crippen LogP contribution in [0.2, 0.25) is 0 Å². The predicted octanol–water partition coefficient (Wildman–Crippen LogP) is 8.10. The summed E-state index contributed by atoms with van der Waals surface area (Å²) in [5, 5.41) is 0. The van der Waals surface area contributed by atoms with Gasteiger partial charge in [0.2, 0.25) is 0 Å². The van der Waals surface area contributed by atoms with Crippen LogP contribution >= 0.6 is 0 Å². The van der Waals surface area contributed by atoms with E-state index in [0.717, 1.165) is 24.0 Å². The standard InChI is InChI=1S/C27H45NO/c1-4-5-6-7-8-9-10-11-12-13-14-15-16-17-18-23-26(29)24-21-19-20-22-25(24)27(2,3)28/h11-12,19-22H,4-10,13-18,23,28H2,1-3H3/b12-11-. The Hall–Kier alpha value is -1.41. The van der Waals surface area contributed by atoms with Gasteiger partial charge in [0.15, 0.2) is 5.78 Å². The lowest BCUT2D eigenvalue weighted by molar-refractivity contribution is 0.0977. The molecule has 29 heavy (non-hydrogen) atoms. The first-order valence-corrected chi connectivity index (χ1v) is 12.0. The number of carbonyl (C=O) groups excluding carboxylic acids is 1. The van der Waals surface area contributed by atoms with Crippen LogP contribution in [0.1, 0.15) is 127 Å². The molecule has 0 aliphatic heterocycles. The van der Waals surface area contributed by atoms with E-state index in [1.54, 1.807) is 0 Å². The molecule has 2 nitrogen and oxygen atoms in total. The quantitative estimate of drug-likeness (QED) is 0.163. The molecule has 164 valence electrons. The summed E-state index contributed by atoms with van der Waals surface area (Å²) in [6.07, 6.45) is 21.9. The molecule has 0 aliphatic rings.